The number of nitrogens with zero attached hydrogens (tertiary/aromatic N) is 3. The maximum Gasteiger partial charge on any atom is 0.129 e. The fourth-order valence-electron chi connectivity index (χ4n) is 0.997. The summed E-state index contributed by atoms with van der Waals surface area (Å²) in [6, 6.07) is 0.492. The van der Waals surface area contributed by atoms with Crippen LogP contribution >= 0.6 is 23.4 Å². The van der Waals surface area contributed by atoms with Crippen molar-refractivity contribution in [2.75, 3.05) is 11.9 Å². The van der Waals surface area contributed by atoms with E-state index in [1.807, 2.05) is 10.3 Å². The molecule has 0 bridgehead atoms. The van der Waals surface area contributed by atoms with Gasteiger partial charge < -0.3 is 4.90 Å². The highest BCUT2D eigenvalue weighted by Gasteiger charge is 2.17. The van der Waals surface area contributed by atoms with Crippen molar-refractivity contribution in [3.8, 4) is 0 Å². The van der Waals surface area contributed by atoms with Crippen LogP contribution in [-0.2, 0) is 0 Å². The Kier molecular flexibility index (Phi) is 2.23. The molecule has 0 amide bonds. The van der Waals surface area contributed by atoms with Gasteiger partial charge in [-0.05, 0) is 5.41 Å². The van der Waals surface area contributed by atoms with Gasteiger partial charge in [-0.15, -0.1) is 23.4 Å². The lowest BCUT2D eigenvalue weighted by Crippen LogP contribution is -2.15. The Morgan fingerprint density at radius 1 is 1.75 bits per heavy atom. The van der Waals surface area contributed by atoms with Gasteiger partial charge >= 0.3 is 0 Å². The smallest absolute Gasteiger partial charge is 0.129 e. The van der Waals surface area contributed by atoms with E-state index >= 15 is 0 Å². The maximum atomic E-state index is 5.73. The predicted molar refractivity (Wildman–Crippen MR) is 49.4 cm³/mol. The number of halogens is 1. The van der Waals surface area contributed by atoms with Crippen molar-refractivity contribution in [1.29, 1.82) is 0 Å². The molecule has 0 atom stereocenters. The fourth-order valence-corrected chi connectivity index (χ4v) is 2.22. The van der Waals surface area contributed by atoms with Crippen molar-refractivity contribution in [2.45, 2.75) is 0 Å². The van der Waals surface area contributed by atoms with E-state index in [4.69, 9.17) is 11.6 Å². The van der Waals surface area contributed by atoms with Gasteiger partial charge in [0, 0.05) is 0 Å². The van der Waals surface area contributed by atoms with Crippen LogP contribution in [0.1, 0.15) is 5.69 Å². The summed E-state index contributed by atoms with van der Waals surface area (Å²) in [7, 11) is 0. The van der Waals surface area contributed by atoms with E-state index in [1.54, 1.807) is 18.0 Å². The monoisotopic (exact) mass is 202 g/mol. The number of H-pyrrole nitrogens is 1. The second kappa shape index (κ2) is 3.37. The van der Waals surface area contributed by atoms with Crippen molar-refractivity contribution < 1.29 is 0 Å². The van der Waals surface area contributed by atoms with E-state index < -0.39 is 0 Å². The van der Waals surface area contributed by atoms with Crippen molar-refractivity contribution >= 4 is 29.1 Å². The highest BCUT2D eigenvalue weighted by Crippen LogP contribution is 2.29. The molecule has 6 heteroatoms. The van der Waals surface area contributed by atoms with E-state index in [2.05, 4.69) is 15.4 Å². The molecule has 0 radical (unpaired) electrons. The van der Waals surface area contributed by atoms with Gasteiger partial charge in [-0.1, -0.05) is 0 Å². The molecule has 64 valence electrons. The van der Waals surface area contributed by atoms with Crippen molar-refractivity contribution in [2.24, 2.45) is 0 Å². The quantitative estimate of drug-likeness (QED) is 0.580. The number of alkyl halides is 1. The minimum absolute atomic E-state index is 0.492. The summed E-state index contributed by atoms with van der Waals surface area (Å²) >= 11 is 7.44. The average Bonchev–Trinajstić information content (AvgIpc) is 2.74. The van der Waals surface area contributed by atoms with Gasteiger partial charge in [0.2, 0.25) is 0 Å². The first-order valence-corrected chi connectivity index (χ1v) is 4.99. The minimum Gasteiger partial charge on any atom is -0.346 e. The Morgan fingerprint density at radius 3 is 3.33 bits per heavy atom. The standard InChI is InChI=1S/C6H7ClN4S/c7-3-11-4-12-2-6(11)5-1-8-10-9-5/h1-2H,3-4H2,(H,8,9,10). The van der Waals surface area contributed by atoms with Gasteiger partial charge in [-0.2, -0.15) is 15.4 Å². The first-order valence-electron chi connectivity index (χ1n) is 3.40. The molecule has 0 fully saturated rings. The summed E-state index contributed by atoms with van der Waals surface area (Å²) < 4.78 is 0. The molecule has 0 saturated heterocycles. The van der Waals surface area contributed by atoms with Gasteiger partial charge in [0.05, 0.1) is 23.8 Å². The molecule has 1 aromatic rings. The molecule has 12 heavy (non-hydrogen) atoms. The Labute approximate surface area is 79.0 Å². The highest BCUT2D eigenvalue weighted by molar-refractivity contribution is 8.02. The second-order valence-electron chi connectivity index (χ2n) is 2.31. The van der Waals surface area contributed by atoms with Crippen LogP contribution in [0.15, 0.2) is 11.6 Å². The molecular formula is C6H7ClN4S. The Balaban J connectivity index is 2.23. The molecule has 4 nitrogen and oxygen atoms in total. The Bertz CT molecular complexity index is 284. The largest absolute Gasteiger partial charge is 0.346 e. The zero-order valence-electron chi connectivity index (χ0n) is 6.20. The summed E-state index contributed by atoms with van der Waals surface area (Å²) in [4.78, 5) is 2.03. The number of thioether (sulfide) groups is 1. The normalized spacial score (nSPS) is 16.8. The zero-order chi connectivity index (χ0) is 8.39. The van der Waals surface area contributed by atoms with Crippen LogP contribution < -0.4 is 0 Å². The third-order valence-corrected chi connectivity index (χ3v) is 2.73. The molecule has 1 aliphatic heterocycles. The second-order valence-corrected chi connectivity index (χ2v) is 3.38. The highest BCUT2D eigenvalue weighted by atomic mass is 35.5. The zero-order valence-corrected chi connectivity index (χ0v) is 7.77. The first kappa shape index (κ1) is 7.94. The third kappa shape index (κ3) is 1.30. The number of rotatable bonds is 2. The maximum absolute atomic E-state index is 5.73. The van der Waals surface area contributed by atoms with Crippen LogP contribution in [0.25, 0.3) is 5.70 Å². The summed E-state index contributed by atoms with van der Waals surface area (Å²) in [5.74, 6) is 0.895. The first-order chi connectivity index (χ1) is 5.92. The molecule has 0 spiro atoms. The van der Waals surface area contributed by atoms with Crippen LogP contribution in [0.5, 0.6) is 0 Å². The van der Waals surface area contributed by atoms with Crippen LogP contribution in [0.2, 0.25) is 0 Å². The molecular weight excluding hydrogens is 196 g/mol. The lowest BCUT2D eigenvalue weighted by Gasteiger charge is -2.15. The van der Waals surface area contributed by atoms with Crippen molar-refractivity contribution in [3.05, 3.63) is 17.3 Å². The molecule has 0 unspecified atom stereocenters. The van der Waals surface area contributed by atoms with Crippen molar-refractivity contribution in [1.82, 2.24) is 20.3 Å². The summed E-state index contributed by atoms with van der Waals surface area (Å²) in [5, 5.41) is 12.3. The Morgan fingerprint density at radius 2 is 2.67 bits per heavy atom. The fraction of sp³-hybridized carbons (Fsp3) is 0.333. The minimum atomic E-state index is 0.492. The summed E-state index contributed by atoms with van der Waals surface area (Å²) in [6.07, 6.45) is 1.69. The van der Waals surface area contributed by atoms with Crippen LogP contribution in [0.4, 0.5) is 0 Å². The summed E-state index contributed by atoms with van der Waals surface area (Å²) in [6.45, 7) is 0. The van der Waals surface area contributed by atoms with Gasteiger partial charge in [0.25, 0.3) is 0 Å². The van der Waals surface area contributed by atoms with Gasteiger partial charge in [0.1, 0.15) is 5.69 Å². The lowest BCUT2D eigenvalue weighted by atomic mass is 10.3. The number of hydrogen-bond donors (Lipinski definition) is 1. The van der Waals surface area contributed by atoms with Crippen molar-refractivity contribution in [3.63, 3.8) is 0 Å². The molecule has 2 heterocycles. The molecule has 2 rings (SSSR count). The molecule has 0 aromatic carbocycles. The van der Waals surface area contributed by atoms with Gasteiger partial charge in [0.15, 0.2) is 0 Å². The van der Waals surface area contributed by atoms with E-state index in [9.17, 15) is 0 Å². The Hall–Kier alpha value is -0.680. The third-order valence-electron chi connectivity index (χ3n) is 1.59. The molecule has 1 aromatic heterocycles. The lowest BCUT2D eigenvalue weighted by molar-refractivity contribution is 0.548. The molecule has 0 saturated carbocycles. The number of aromatic nitrogens is 3. The SMILES string of the molecule is ClCN1CSC=C1c1cn[nH]n1. The number of aromatic amines is 1. The van der Waals surface area contributed by atoms with E-state index in [0.29, 0.717) is 6.00 Å². The van der Waals surface area contributed by atoms with Gasteiger partial charge in [-0.25, -0.2) is 0 Å². The van der Waals surface area contributed by atoms with E-state index in [1.165, 1.54) is 0 Å². The average molecular weight is 203 g/mol. The van der Waals surface area contributed by atoms with E-state index in [0.717, 1.165) is 17.3 Å². The van der Waals surface area contributed by atoms with Crippen LogP contribution in [0.3, 0.4) is 0 Å². The predicted octanol–water partition coefficient (Wildman–Crippen LogP) is 1.31. The van der Waals surface area contributed by atoms with Crippen LogP contribution in [-0.4, -0.2) is 32.2 Å². The van der Waals surface area contributed by atoms with E-state index in [-0.39, 0.29) is 0 Å². The number of hydrogen-bond acceptors (Lipinski definition) is 4. The molecule has 1 N–H and O–H groups in total. The number of nitrogens with one attached hydrogen (secondary N) is 1. The summed E-state index contributed by atoms with van der Waals surface area (Å²) in [5.41, 5.74) is 1.89. The topological polar surface area (TPSA) is 44.8 Å². The molecule has 0 aliphatic carbocycles. The van der Waals surface area contributed by atoms with Gasteiger partial charge in [-0.3, -0.25) is 0 Å². The molecule has 1 aliphatic rings. The van der Waals surface area contributed by atoms with Crippen LogP contribution in [0, 0.1) is 0 Å².